The van der Waals surface area contributed by atoms with Crippen LogP contribution in [0.25, 0.3) is 0 Å². The van der Waals surface area contributed by atoms with Crippen molar-refractivity contribution in [3.8, 4) is 5.75 Å². The Morgan fingerprint density at radius 3 is 2.57 bits per heavy atom. The molecule has 76 valence electrons. The number of hydrogen-bond acceptors (Lipinski definition) is 3. The molecule has 0 heterocycles. The Balaban J connectivity index is 2.50. The van der Waals surface area contributed by atoms with Crippen molar-refractivity contribution in [2.75, 3.05) is 18.5 Å². The molecule has 4 nitrogen and oxygen atoms in total. The number of carbonyl (C=O) groups is 1. The first kappa shape index (κ1) is 10.4. The van der Waals surface area contributed by atoms with Gasteiger partial charge in [-0.3, -0.25) is 0 Å². The van der Waals surface area contributed by atoms with E-state index in [1.807, 2.05) is 19.1 Å². The highest BCUT2D eigenvalue weighted by molar-refractivity contribution is 5.68. The lowest BCUT2D eigenvalue weighted by Crippen LogP contribution is -2.09. The highest BCUT2D eigenvalue weighted by Crippen LogP contribution is 2.15. The molecule has 4 heteroatoms. The van der Waals surface area contributed by atoms with Gasteiger partial charge >= 0.3 is 5.97 Å². The number of carboxylic acids is 1. The Bertz CT molecular complexity index is 295. The van der Waals surface area contributed by atoms with Gasteiger partial charge in [0.1, 0.15) is 5.75 Å². The first-order valence-corrected chi connectivity index (χ1v) is 4.41. The number of anilines is 1. The SMILES string of the molecule is CCNc1ccc(OCC(=O)O)cc1. The summed E-state index contributed by atoms with van der Waals surface area (Å²) in [6, 6.07) is 7.17. The number of benzene rings is 1. The molecule has 1 rings (SSSR count). The maximum Gasteiger partial charge on any atom is 0.341 e. The first-order valence-electron chi connectivity index (χ1n) is 4.41. The monoisotopic (exact) mass is 195 g/mol. The van der Waals surface area contributed by atoms with E-state index in [0.29, 0.717) is 5.75 Å². The summed E-state index contributed by atoms with van der Waals surface area (Å²) in [4.78, 5) is 10.2. The van der Waals surface area contributed by atoms with Crippen molar-refractivity contribution in [3.05, 3.63) is 24.3 Å². The minimum atomic E-state index is -0.972. The molecule has 0 unspecified atom stereocenters. The molecule has 0 aliphatic rings. The van der Waals surface area contributed by atoms with E-state index in [1.54, 1.807) is 12.1 Å². The van der Waals surface area contributed by atoms with Gasteiger partial charge in [0, 0.05) is 12.2 Å². The van der Waals surface area contributed by atoms with Gasteiger partial charge in [-0.1, -0.05) is 0 Å². The van der Waals surface area contributed by atoms with E-state index in [9.17, 15) is 4.79 Å². The summed E-state index contributed by atoms with van der Waals surface area (Å²) in [6.45, 7) is 2.56. The van der Waals surface area contributed by atoms with Gasteiger partial charge in [0.05, 0.1) is 0 Å². The zero-order chi connectivity index (χ0) is 10.4. The fourth-order valence-corrected chi connectivity index (χ4v) is 1.02. The molecule has 0 spiro atoms. The van der Waals surface area contributed by atoms with Crippen LogP contribution < -0.4 is 10.1 Å². The fraction of sp³-hybridized carbons (Fsp3) is 0.300. The van der Waals surface area contributed by atoms with E-state index in [1.165, 1.54) is 0 Å². The van der Waals surface area contributed by atoms with Crippen molar-refractivity contribution in [1.82, 2.24) is 0 Å². The number of carboxylic acid groups (broad SMARTS) is 1. The normalized spacial score (nSPS) is 9.50. The van der Waals surface area contributed by atoms with Crippen LogP contribution in [0, 0.1) is 0 Å². The minimum Gasteiger partial charge on any atom is -0.482 e. The van der Waals surface area contributed by atoms with Crippen LogP contribution in [-0.2, 0) is 4.79 Å². The molecular formula is C10H13NO3. The van der Waals surface area contributed by atoms with E-state index in [0.717, 1.165) is 12.2 Å². The maximum absolute atomic E-state index is 10.2. The summed E-state index contributed by atoms with van der Waals surface area (Å²) >= 11 is 0. The third-order valence-electron chi connectivity index (χ3n) is 1.60. The molecule has 0 aliphatic heterocycles. The Hall–Kier alpha value is -1.71. The van der Waals surface area contributed by atoms with E-state index < -0.39 is 5.97 Å². The third kappa shape index (κ3) is 3.35. The Labute approximate surface area is 82.5 Å². The molecule has 1 aromatic carbocycles. The van der Waals surface area contributed by atoms with E-state index in [2.05, 4.69) is 5.32 Å². The number of ether oxygens (including phenoxy) is 1. The van der Waals surface area contributed by atoms with Gasteiger partial charge in [0.2, 0.25) is 0 Å². The van der Waals surface area contributed by atoms with Crippen LogP contribution in [0.4, 0.5) is 5.69 Å². The first-order chi connectivity index (χ1) is 6.72. The summed E-state index contributed by atoms with van der Waals surface area (Å²) in [5.74, 6) is -0.408. The summed E-state index contributed by atoms with van der Waals surface area (Å²) in [5, 5.41) is 11.5. The Morgan fingerprint density at radius 1 is 1.43 bits per heavy atom. The molecule has 0 amide bonds. The zero-order valence-corrected chi connectivity index (χ0v) is 7.99. The van der Waals surface area contributed by atoms with E-state index in [4.69, 9.17) is 9.84 Å². The second kappa shape index (κ2) is 5.11. The molecule has 0 aromatic heterocycles. The van der Waals surface area contributed by atoms with Gasteiger partial charge in [-0.05, 0) is 31.2 Å². The zero-order valence-electron chi connectivity index (χ0n) is 7.99. The molecule has 0 radical (unpaired) electrons. The standard InChI is InChI=1S/C10H13NO3/c1-2-11-8-3-5-9(6-4-8)14-7-10(12)13/h3-6,11H,2,7H2,1H3,(H,12,13). The average Bonchev–Trinajstić information content (AvgIpc) is 2.17. The lowest BCUT2D eigenvalue weighted by Gasteiger charge is -2.05. The highest BCUT2D eigenvalue weighted by atomic mass is 16.5. The van der Waals surface area contributed by atoms with Crippen LogP contribution >= 0.6 is 0 Å². The molecule has 0 bridgehead atoms. The molecular weight excluding hydrogens is 182 g/mol. The van der Waals surface area contributed by atoms with Gasteiger partial charge in [0.25, 0.3) is 0 Å². The fourth-order valence-electron chi connectivity index (χ4n) is 1.02. The lowest BCUT2D eigenvalue weighted by molar-refractivity contribution is -0.139. The second-order valence-electron chi connectivity index (χ2n) is 2.74. The molecule has 0 fully saturated rings. The van der Waals surface area contributed by atoms with Crippen molar-refractivity contribution >= 4 is 11.7 Å². The van der Waals surface area contributed by atoms with Crippen LogP contribution in [0.5, 0.6) is 5.75 Å². The second-order valence-corrected chi connectivity index (χ2v) is 2.74. The van der Waals surface area contributed by atoms with Gasteiger partial charge in [0.15, 0.2) is 6.61 Å². The topological polar surface area (TPSA) is 58.6 Å². The van der Waals surface area contributed by atoms with E-state index in [-0.39, 0.29) is 6.61 Å². The molecule has 0 atom stereocenters. The van der Waals surface area contributed by atoms with Crippen molar-refractivity contribution in [3.63, 3.8) is 0 Å². The molecule has 0 aliphatic carbocycles. The predicted molar refractivity (Wildman–Crippen MR) is 53.7 cm³/mol. The predicted octanol–water partition coefficient (Wildman–Crippen LogP) is 1.58. The Kier molecular flexibility index (Phi) is 3.79. The van der Waals surface area contributed by atoms with Crippen LogP contribution in [0.1, 0.15) is 6.92 Å². The Morgan fingerprint density at radius 2 is 2.07 bits per heavy atom. The number of aliphatic carboxylic acids is 1. The molecule has 0 saturated carbocycles. The van der Waals surface area contributed by atoms with Gasteiger partial charge < -0.3 is 15.2 Å². The van der Waals surface area contributed by atoms with Gasteiger partial charge in [-0.25, -0.2) is 4.79 Å². The minimum absolute atomic E-state index is 0.305. The quantitative estimate of drug-likeness (QED) is 0.749. The molecule has 1 aromatic rings. The highest BCUT2D eigenvalue weighted by Gasteiger charge is 1.98. The maximum atomic E-state index is 10.2. The lowest BCUT2D eigenvalue weighted by atomic mass is 10.3. The van der Waals surface area contributed by atoms with Crippen molar-refractivity contribution in [2.24, 2.45) is 0 Å². The summed E-state index contributed by atoms with van der Waals surface area (Å²) in [6.07, 6.45) is 0. The number of hydrogen-bond donors (Lipinski definition) is 2. The largest absolute Gasteiger partial charge is 0.482 e. The average molecular weight is 195 g/mol. The summed E-state index contributed by atoms with van der Waals surface area (Å²) < 4.78 is 4.97. The number of rotatable bonds is 5. The van der Waals surface area contributed by atoms with Gasteiger partial charge in [-0.2, -0.15) is 0 Å². The van der Waals surface area contributed by atoms with Crippen LogP contribution in [0.15, 0.2) is 24.3 Å². The van der Waals surface area contributed by atoms with Gasteiger partial charge in [-0.15, -0.1) is 0 Å². The van der Waals surface area contributed by atoms with Crippen LogP contribution in [0.2, 0.25) is 0 Å². The number of nitrogens with one attached hydrogen (secondary N) is 1. The van der Waals surface area contributed by atoms with Crippen molar-refractivity contribution in [1.29, 1.82) is 0 Å². The molecule has 14 heavy (non-hydrogen) atoms. The van der Waals surface area contributed by atoms with Crippen molar-refractivity contribution < 1.29 is 14.6 Å². The van der Waals surface area contributed by atoms with Crippen molar-refractivity contribution in [2.45, 2.75) is 6.92 Å². The van der Waals surface area contributed by atoms with Crippen LogP contribution in [0.3, 0.4) is 0 Å². The van der Waals surface area contributed by atoms with Crippen LogP contribution in [-0.4, -0.2) is 24.2 Å². The molecule has 2 N–H and O–H groups in total. The van der Waals surface area contributed by atoms with E-state index >= 15 is 0 Å². The third-order valence-corrected chi connectivity index (χ3v) is 1.60. The summed E-state index contributed by atoms with van der Waals surface area (Å²) in [7, 11) is 0. The smallest absolute Gasteiger partial charge is 0.341 e. The molecule has 0 saturated heterocycles. The summed E-state index contributed by atoms with van der Waals surface area (Å²) in [5.41, 5.74) is 0.996.